The lowest BCUT2D eigenvalue weighted by molar-refractivity contribution is -0.149. The monoisotopic (exact) mass is 371 g/mol. The number of benzene rings is 2. The van der Waals surface area contributed by atoms with Crippen molar-refractivity contribution >= 4 is 28.6 Å². The Morgan fingerprint density at radius 1 is 1.11 bits per heavy atom. The van der Waals surface area contributed by atoms with Crippen LogP contribution in [-0.4, -0.2) is 54.7 Å². The van der Waals surface area contributed by atoms with E-state index in [2.05, 4.69) is 0 Å². The van der Waals surface area contributed by atoms with Crippen LogP contribution < -0.4 is 0 Å². The maximum absolute atomic E-state index is 12.3. The van der Waals surface area contributed by atoms with Gasteiger partial charge in [0, 0.05) is 13.1 Å². The lowest BCUT2D eigenvalue weighted by Crippen LogP contribution is -2.42. The first-order valence-electron chi connectivity index (χ1n) is 8.74. The summed E-state index contributed by atoms with van der Waals surface area (Å²) in [5.41, 5.74) is 0.0194. The van der Waals surface area contributed by atoms with Crippen molar-refractivity contribution in [3.05, 3.63) is 42.0 Å². The second-order valence-corrected chi connectivity index (χ2v) is 6.47. The Labute approximate surface area is 156 Å². The molecule has 7 nitrogen and oxygen atoms in total. The zero-order chi connectivity index (χ0) is 19.4. The molecule has 0 aliphatic carbocycles. The molecule has 0 unspecified atom stereocenters. The molecule has 0 atom stereocenters. The number of aromatic hydroxyl groups is 1. The highest BCUT2D eigenvalue weighted by atomic mass is 16.5. The number of amides is 1. The molecule has 2 aromatic carbocycles. The number of esters is 2. The molecule has 1 heterocycles. The Kier molecular flexibility index (Phi) is 5.59. The summed E-state index contributed by atoms with van der Waals surface area (Å²) in [5.74, 6) is -1.73. The topological polar surface area (TPSA) is 93.1 Å². The standard InChI is InChI=1S/C20H21NO6/c1-26-19(24)13-6-8-21(9-7-13)18(23)12-27-20(25)16-10-14-4-2-3-5-15(14)11-17(16)22/h2-5,10-11,13,22H,6-9,12H2,1H3. The Morgan fingerprint density at radius 2 is 1.74 bits per heavy atom. The Balaban J connectivity index is 1.57. The molecule has 1 aliphatic heterocycles. The van der Waals surface area contributed by atoms with Crippen molar-refractivity contribution in [3.8, 4) is 5.75 Å². The SMILES string of the molecule is COC(=O)C1CCN(C(=O)COC(=O)c2cc3ccccc3cc2O)CC1. The van der Waals surface area contributed by atoms with Crippen molar-refractivity contribution in [2.45, 2.75) is 12.8 Å². The summed E-state index contributed by atoms with van der Waals surface area (Å²) >= 11 is 0. The molecule has 1 N–H and O–H groups in total. The fourth-order valence-corrected chi connectivity index (χ4v) is 3.22. The van der Waals surface area contributed by atoms with Gasteiger partial charge in [0.2, 0.25) is 0 Å². The number of phenolic OH excluding ortho intramolecular Hbond substituents is 1. The van der Waals surface area contributed by atoms with Crippen LogP contribution in [0.2, 0.25) is 0 Å². The van der Waals surface area contributed by atoms with Crippen LogP contribution in [-0.2, 0) is 19.1 Å². The summed E-state index contributed by atoms with van der Waals surface area (Å²) in [6.07, 6.45) is 1.05. The predicted molar refractivity (Wildman–Crippen MR) is 97.2 cm³/mol. The van der Waals surface area contributed by atoms with E-state index in [1.165, 1.54) is 13.2 Å². The molecule has 7 heteroatoms. The van der Waals surface area contributed by atoms with E-state index < -0.39 is 12.6 Å². The summed E-state index contributed by atoms with van der Waals surface area (Å²) in [5, 5.41) is 11.6. The maximum Gasteiger partial charge on any atom is 0.342 e. The maximum atomic E-state index is 12.3. The third-order valence-electron chi connectivity index (χ3n) is 4.79. The Bertz CT molecular complexity index is 870. The van der Waals surface area contributed by atoms with E-state index in [-0.39, 0.29) is 29.1 Å². The van der Waals surface area contributed by atoms with E-state index in [1.807, 2.05) is 24.3 Å². The van der Waals surface area contributed by atoms with Gasteiger partial charge in [0.25, 0.3) is 5.91 Å². The number of piperidine rings is 1. The van der Waals surface area contributed by atoms with Crippen molar-refractivity contribution in [3.63, 3.8) is 0 Å². The lowest BCUT2D eigenvalue weighted by atomic mass is 9.97. The van der Waals surface area contributed by atoms with Gasteiger partial charge in [-0.05, 0) is 35.7 Å². The number of carbonyl (C=O) groups is 3. The minimum absolute atomic E-state index is 0.0194. The van der Waals surface area contributed by atoms with Gasteiger partial charge in [0.05, 0.1) is 13.0 Å². The van der Waals surface area contributed by atoms with Crippen molar-refractivity contribution in [2.75, 3.05) is 26.8 Å². The molecule has 3 rings (SSSR count). The number of nitrogens with zero attached hydrogens (tertiary/aromatic N) is 1. The smallest absolute Gasteiger partial charge is 0.342 e. The molecule has 2 aromatic rings. The van der Waals surface area contributed by atoms with E-state index in [4.69, 9.17) is 9.47 Å². The van der Waals surface area contributed by atoms with E-state index >= 15 is 0 Å². The van der Waals surface area contributed by atoms with Crippen molar-refractivity contribution in [2.24, 2.45) is 5.92 Å². The zero-order valence-corrected chi connectivity index (χ0v) is 15.0. The molecule has 0 saturated carbocycles. The summed E-state index contributed by atoms with van der Waals surface area (Å²) in [6, 6.07) is 10.3. The van der Waals surface area contributed by atoms with E-state index in [1.54, 1.807) is 11.0 Å². The largest absolute Gasteiger partial charge is 0.507 e. The number of phenols is 1. The summed E-state index contributed by atoms with van der Waals surface area (Å²) < 4.78 is 9.81. The van der Waals surface area contributed by atoms with Crippen LogP contribution in [0.4, 0.5) is 0 Å². The quantitative estimate of drug-likeness (QED) is 0.828. The van der Waals surface area contributed by atoms with Crippen molar-refractivity contribution in [1.82, 2.24) is 4.90 Å². The molecule has 0 spiro atoms. The van der Waals surface area contributed by atoms with Gasteiger partial charge in [-0.1, -0.05) is 24.3 Å². The predicted octanol–water partition coefficient (Wildman–Crippen LogP) is 2.11. The third kappa shape index (κ3) is 4.19. The first-order valence-corrected chi connectivity index (χ1v) is 8.74. The number of hydrogen-bond donors (Lipinski definition) is 1. The molecular formula is C20H21NO6. The number of likely N-dealkylation sites (tertiary alicyclic amines) is 1. The molecule has 0 bridgehead atoms. The van der Waals surface area contributed by atoms with E-state index in [0.717, 1.165) is 10.8 Å². The molecular weight excluding hydrogens is 350 g/mol. The van der Waals surface area contributed by atoms with Gasteiger partial charge < -0.3 is 19.5 Å². The summed E-state index contributed by atoms with van der Waals surface area (Å²) in [4.78, 5) is 37.6. The highest BCUT2D eigenvalue weighted by Crippen LogP contribution is 2.25. The Hall–Kier alpha value is -3.09. The van der Waals surface area contributed by atoms with Gasteiger partial charge in [0.1, 0.15) is 11.3 Å². The minimum atomic E-state index is -0.754. The number of rotatable bonds is 4. The van der Waals surface area contributed by atoms with Crippen LogP contribution in [0.3, 0.4) is 0 Å². The Morgan fingerprint density at radius 3 is 2.37 bits per heavy atom. The zero-order valence-electron chi connectivity index (χ0n) is 15.0. The number of fused-ring (bicyclic) bond motifs is 1. The normalized spacial score (nSPS) is 14.8. The van der Waals surface area contributed by atoms with Crippen LogP contribution >= 0.6 is 0 Å². The van der Waals surface area contributed by atoms with Gasteiger partial charge in [-0.3, -0.25) is 9.59 Å². The fourth-order valence-electron chi connectivity index (χ4n) is 3.22. The third-order valence-corrected chi connectivity index (χ3v) is 4.79. The summed E-state index contributed by atoms with van der Waals surface area (Å²) in [6.45, 7) is 0.419. The first kappa shape index (κ1) is 18.7. The number of hydrogen-bond acceptors (Lipinski definition) is 6. The minimum Gasteiger partial charge on any atom is -0.507 e. The van der Waals surface area contributed by atoms with Gasteiger partial charge in [-0.2, -0.15) is 0 Å². The molecule has 142 valence electrons. The van der Waals surface area contributed by atoms with Crippen LogP contribution in [0.5, 0.6) is 5.75 Å². The van der Waals surface area contributed by atoms with Crippen molar-refractivity contribution < 1.29 is 29.0 Å². The molecule has 1 amide bonds. The van der Waals surface area contributed by atoms with Gasteiger partial charge >= 0.3 is 11.9 Å². The first-order chi connectivity index (χ1) is 13.0. The second-order valence-electron chi connectivity index (χ2n) is 6.47. The van der Waals surface area contributed by atoms with E-state index in [9.17, 15) is 19.5 Å². The van der Waals surface area contributed by atoms with Gasteiger partial charge in [-0.25, -0.2) is 4.79 Å². The number of methoxy groups -OCH3 is 1. The number of ether oxygens (including phenoxy) is 2. The van der Waals surface area contributed by atoms with Gasteiger partial charge in [0.15, 0.2) is 6.61 Å². The average molecular weight is 371 g/mol. The van der Waals surface area contributed by atoms with E-state index in [0.29, 0.717) is 25.9 Å². The van der Waals surface area contributed by atoms with Gasteiger partial charge in [-0.15, -0.1) is 0 Å². The van der Waals surface area contributed by atoms with Crippen LogP contribution in [0, 0.1) is 5.92 Å². The van der Waals surface area contributed by atoms with Crippen LogP contribution in [0.1, 0.15) is 23.2 Å². The molecule has 0 radical (unpaired) electrons. The highest BCUT2D eigenvalue weighted by molar-refractivity contribution is 5.99. The lowest BCUT2D eigenvalue weighted by Gasteiger charge is -2.30. The fraction of sp³-hybridized carbons (Fsp3) is 0.350. The summed E-state index contributed by atoms with van der Waals surface area (Å²) in [7, 11) is 1.35. The molecule has 0 aromatic heterocycles. The molecule has 1 fully saturated rings. The number of carbonyl (C=O) groups excluding carboxylic acids is 3. The molecule has 1 aliphatic rings. The van der Waals surface area contributed by atoms with Crippen LogP contribution in [0.15, 0.2) is 36.4 Å². The van der Waals surface area contributed by atoms with Crippen molar-refractivity contribution in [1.29, 1.82) is 0 Å². The molecule has 27 heavy (non-hydrogen) atoms. The second kappa shape index (κ2) is 8.07. The highest BCUT2D eigenvalue weighted by Gasteiger charge is 2.28. The molecule has 1 saturated heterocycles. The average Bonchev–Trinajstić information content (AvgIpc) is 2.70. The van der Waals surface area contributed by atoms with Crippen LogP contribution in [0.25, 0.3) is 10.8 Å².